The molecule has 44 heavy (non-hydrogen) atoms. The molecule has 3 heterocycles. The number of ether oxygens (including phenoxy) is 2. The normalized spacial score (nSPS) is 33.4. The third kappa shape index (κ3) is 9.55. The maximum absolute atomic E-state index is 12.7. The topological polar surface area (TPSA) is 318 Å². The summed E-state index contributed by atoms with van der Waals surface area (Å²) >= 11 is 0. The number of nitrogens with one attached hydrogen (secondary N) is 3. The van der Waals surface area contributed by atoms with Gasteiger partial charge in [0.2, 0.25) is 5.91 Å². The lowest BCUT2D eigenvalue weighted by Gasteiger charge is -2.42. The van der Waals surface area contributed by atoms with Crippen LogP contribution < -0.4 is 21.9 Å². The summed E-state index contributed by atoms with van der Waals surface area (Å²) in [5, 5.41) is 55.8. The van der Waals surface area contributed by atoms with Crippen molar-refractivity contribution in [3.05, 3.63) is 33.1 Å². The number of rotatable bonds is 15. The first-order valence-corrected chi connectivity index (χ1v) is 16.2. The molecule has 0 radical (unpaired) electrons. The molecule has 2 saturated heterocycles. The highest BCUT2D eigenvalue weighted by molar-refractivity contribution is 7.61. The Labute approximate surface area is 248 Å². The van der Waals surface area contributed by atoms with Crippen LogP contribution in [0.1, 0.15) is 25.5 Å². The highest BCUT2D eigenvalue weighted by Gasteiger charge is 2.50. The van der Waals surface area contributed by atoms with Crippen molar-refractivity contribution in [2.75, 3.05) is 26.8 Å². The smallest absolute Gasteiger partial charge is 0.394 e. The number of phosphoric acid groups is 2. The predicted molar refractivity (Wildman–Crippen MR) is 142 cm³/mol. The van der Waals surface area contributed by atoms with E-state index >= 15 is 0 Å². The van der Waals surface area contributed by atoms with Gasteiger partial charge in [0.1, 0.15) is 42.7 Å². The van der Waals surface area contributed by atoms with E-state index in [1.807, 2.05) is 4.98 Å². The van der Waals surface area contributed by atoms with Gasteiger partial charge in [0.05, 0.1) is 13.2 Å². The van der Waals surface area contributed by atoms with Gasteiger partial charge in [0.15, 0.2) is 12.5 Å². The van der Waals surface area contributed by atoms with Crippen molar-refractivity contribution in [3.8, 4) is 0 Å². The fourth-order valence-electron chi connectivity index (χ4n) is 4.37. The van der Waals surface area contributed by atoms with Crippen LogP contribution in [0, 0.1) is 0 Å². The molecule has 0 aliphatic carbocycles. The Morgan fingerprint density at radius 2 is 1.70 bits per heavy atom. The van der Waals surface area contributed by atoms with Crippen molar-refractivity contribution >= 4 is 21.6 Å². The number of hydrogen-bond donors (Lipinski definition) is 10. The van der Waals surface area contributed by atoms with Crippen LogP contribution in [-0.4, -0.2) is 127 Å². The van der Waals surface area contributed by atoms with Crippen molar-refractivity contribution in [2.45, 2.75) is 74.4 Å². The Bertz CT molecular complexity index is 1330. The number of carbonyl (C=O) groups is 1. The molecule has 3 rings (SSSR count). The number of carbonyl (C=O) groups excluding carboxylic acids is 1. The van der Waals surface area contributed by atoms with Crippen molar-refractivity contribution in [2.24, 2.45) is 0 Å². The van der Waals surface area contributed by atoms with E-state index < -0.39 is 101 Å². The number of phosphoric ester groups is 2. The van der Waals surface area contributed by atoms with Crippen LogP contribution in [0.4, 0.5) is 0 Å². The van der Waals surface area contributed by atoms with E-state index in [0.717, 1.165) is 16.8 Å². The van der Waals surface area contributed by atoms with Gasteiger partial charge in [-0.05, 0) is 26.4 Å². The summed E-state index contributed by atoms with van der Waals surface area (Å²) < 4.78 is 50.0. The number of nitrogens with zero attached hydrogens (tertiary/aromatic N) is 1. The predicted octanol–water partition coefficient (Wildman–Crippen LogP) is -4.28. The van der Waals surface area contributed by atoms with Crippen LogP contribution in [0.5, 0.6) is 0 Å². The second-order valence-corrected chi connectivity index (χ2v) is 12.8. The number of amides is 1. The fraction of sp³-hybridized carbons (Fsp3) is 0.762. The number of aromatic amines is 1. The summed E-state index contributed by atoms with van der Waals surface area (Å²) in [4.78, 5) is 57.8. The number of hydrogen-bond acceptors (Lipinski definition) is 16. The summed E-state index contributed by atoms with van der Waals surface area (Å²) in [6.07, 6.45) is -12.1. The van der Waals surface area contributed by atoms with Crippen LogP contribution in [0.3, 0.4) is 0 Å². The van der Waals surface area contributed by atoms with E-state index in [1.165, 1.54) is 0 Å². The fourth-order valence-corrected chi connectivity index (χ4v) is 6.53. The maximum Gasteiger partial charge on any atom is 0.483 e. The summed E-state index contributed by atoms with van der Waals surface area (Å²) in [6, 6.07) is -0.772. The van der Waals surface area contributed by atoms with Gasteiger partial charge in [-0.25, -0.2) is 13.9 Å². The molecule has 23 heteroatoms. The standard InChI is InChI=1S/C21H36N4O17P2/c1-22-6-3-2-4-12(27)23-14-17(31)15(29)10(8-26)40-20(14)41-44(36,37)42-43(34,35)38-9-11-16(30)18(32)19(39-11)25-7-5-13(28)24-21(25)33/h5,7,10-11,14-20,22,26,29-32H,2-4,6,8-9H2,1H3,(H,23,27)(H,34,35)(H,36,37)(H,24,28,33)/t10?,11?,14-,15-,16?,17?,18?,19?,20+/m0/s1. The summed E-state index contributed by atoms with van der Waals surface area (Å²) in [7, 11) is -9.49. The monoisotopic (exact) mass is 678 g/mol. The molecular formula is C21H36N4O17P2. The lowest BCUT2D eigenvalue weighted by molar-refractivity contribution is -0.248. The highest BCUT2D eigenvalue weighted by Crippen LogP contribution is 2.61. The van der Waals surface area contributed by atoms with E-state index in [0.29, 0.717) is 19.4 Å². The zero-order valence-corrected chi connectivity index (χ0v) is 24.9. The largest absolute Gasteiger partial charge is 0.483 e. The van der Waals surface area contributed by atoms with Crippen LogP contribution in [-0.2, 0) is 36.8 Å². The number of aromatic nitrogens is 2. The highest BCUT2D eigenvalue weighted by atomic mass is 31.3. The van der Waals surface area contributed by atoms with E-state index in [-0.39, 0.29) is 6.42 Å². The van der Waals surface area contributed by atoms with Crippen molar-refractivity contribution < 1.29 is 72.1 Å². The second-order valence-electron chi connectivity index (χ2n) is 9.84. The Morgan fingerprint density at radius 1 is 1.02 bits per heavy atom. The number of aliphatic hydroxyl groups excluding tert-OH is 5. The Kier molecular flexibility index (Phi) is 13.0. The first kappa shape index (κ1) is 36.6. The molecular weight excluding hydrogens is 642 g/mol. The summed E-state index contributed by atoms with van der Waals surface area (Å²) in [6.45, 7) is -1.32. The molecule has 0 aromatic carbocycles. The second kappa shape index (κ2) is 15.6. The first-order valence-electron chi connectivity index (χ1n) is 13.2. The van der Waals surface area contributed by atoms with Gasteiger partial charge < -0.3 is 55.4 Å². The molecule has 2 aliphatic rings. The summed E-state index contributed by atoms with van der Waals surface area (Å²) in [5.41, 5.74) is -1.75. The SMILES string of the molecule is CNCCCCC(=O)N[C@H]1C(O)[C@@H](O)C(CO)O[C@@H]1OP(=O)(O)OP(=O)(O)OCC1OC(n2ccc(=O)[nH]c2=O)C(O)C1O. The first-order chi connectivity index (χ1) is 20.6. The van der Waals surface area contributed by atoms with E-state index in [2.05, 4.69) is 19.5 Å². The molecule has 21 nitrogen and oxygen atoms in total. The number of unbranched alkanes of at least 4 members (excludes halogenated alkanes) is 1. The average molecular weight is 678 g/mol. The average Bonchev–Trinajstić information content (AvgIpc) is 3.22. The molecule has 0 saturated carbocycles. The van der Waals surface area contributed by atoms with Crippen molar-refractivity contribution in [1.29, 1.82) is 0 Å². The molecule has 0 bridgehead atoms. The third-order valence-electron chi connectivity index (χ3n) is 6.60. The zero-order chi connectivity index (χ0) is 32.8. The van der Waals surface area contributed by atoms with Gasteiger partial charge >= 0.3 is 21.3 Å². The van der Waals surface area contributed by atoms with Crippen LogP contribution in [0.2, 0.25) is 0 Å². The summed E-state index contributed by atoms with van der Waals surface area (Å²) in [5.74, 6) is -0.665. The minimum Gasteiger partial charge on any atom is -0.394 e. The molecule has 11 atom stereocenters. The Balaban J connectivity index is 1.64. The molecule has 1 aromatic rings. The van der Waals surface area contributed by atoms with E-state index in [9.17, 15) is 58.8 Å². The third-order valence-corrected chi connectivity index (χ3v) is 9.20. The van der Waals surface area contributed by atoms with Crippen molar-refractivity contribution in [1.82, 2.24) is 20.2 Å². The molecule has 1 aromatic heterocycles. The van der Waals surface area contributed by atoms with Gasteiger partial charge in [0, 0.05) is 18.7 Å². The minimum atomic E-state index is -5.67. The Morgan fingerprint density at radius 3 is 2.34 bits per heavy atom. The lowest BCUT2D eigenvalue weighted by atomic mass is 9.97. The molecule has 1 amide bonds. The Hall–Kier alpha value is -1.91. The molecule has 2 aliphatic heterocycles. The van der Waals surface area contributed by atoms with Gasteiger partial charge in [-0.2, -0.15) is 4.31 Å². The lowest BCUT2D eigenvalue weighted by Crippen LogP contribution is -2.64. The van der Waals surface area contributed by atoms with E-state index in [4.69, 9.17) is 14.0 Å². The number of H-pyrrole nitrogens is 1. The van der Waals surface area contributed by atoms with Gasteiger partial charge in [0.25, 0.3) is 5.56 Å². The van der Waals surface area contributed by atoms with Gasteiger partial charge in [-0.1, -0.05) is 0 Å². The van der Waals surface area contributed by atoms with Gasteiger partial charge in [-0.15, -0.1) is 0 Å². The molecule has 0 spiro atoms. The minimum absolute atomic E-state index is 0.0500. The quantitative estimate of drug-likeness (QED) is 0.0620. The zero-order valence-electron chi connectivity index (χ0n) is 23.1. The van der Waals surface area contributed by atoms with Crippen LogP contribution in [0.15, 0.2) is 21.9 Å². The van der Waals surface area contributed by atoms with Crippen LogP contribution >= 0.6 is 15.6 Å². The molecule has 252 valence electrons. The van der Waals surface area contributed by atoms with Crippen molar-refractivity contribution in [3.63, 3.8) is 0 Å². The molecule has 8 unspecified atom stereocenters. The van der Waals surface area contributed by atoms with Crippen LogP contribution in [0.25, 0.3) is 0 Å². The maximum atomic E-state index is 12.7. The van der Waals surface area contributed by atoms with Gasteiger partial charge in [-0.3, -0.25) is 28.2 Å². The molecule has 2 fully saturated rings. The number of aliphatic hydroxyl groups is 5. The molecule has 10 N–H and O–H groups in total. The van der Waals surface area contributed by atoms with E-state index in [1.54, 1.807) is 7.05 Å².